The minimum Gasteiger partial charge on any atom is -0.370 e. The largest absolute Gasteiger partial charge is 0.370 e. The summed E-state index contributed by atoms with van der Waals surface area (Å²) in [5.41, 5.74) is 5.37. The van der Waals surface area contributed by atoms with Crippen molar-refractivity contribution < 1.29 is 14.0 Å². The van der Waals surface area contributed by atoms with Gasteiger partial charge in [0.05, 0.1) is 5.56 Å². The van der Waals surface area contributed by atoms with E-state index in [0.29, 0.717) is 35.8 Å². The van der Waals surface area contributed by atoms with Crippen LogP contribution < -0.4 is 11.1 Å². The summed E-state index contributed by atoms with van der Waals surface area (Å²) >= 11 is 3.13. The van der Waals surface area contributed by atoms with E-state index in [2.05, 4.69) is 21.2 Å². The summed E-state index contributed by atoms with van der Waals surface area (Å²) in [6.45, 7) is 0.454. The number of hydrogen-bond donors (Lipinski definition) is 2. The van der Waals surface area contributed by atoms with Gasteiger partial charge in [-0.25, -0.2) is 4.39 Å². The van der Waals surface area contributed by atoms with E-state index in [4.69, 9.17) is 5.73 Å². The molecule has 0 saturated carbocycles. The fraction of sp³-hybridized carbons (Fsp3) is 0.333. The molecule has 0 aromatic heterocycles. The van der Waals surface area contributed by atoms with Gasteiger partial charge in [-0.05, 0) is 47.0 Å². The second-order valence-electron chi connectivity index (χ2n) is 3.80. The van der Waals surface area contributed by atoms with E-state index < -0.39 is 5.82 Å². The van der Waals surface area contributed by atoms with E-state index in [-0.39, 0.29) is 11.8 Å². The lowest BCUT2D eigenvalue weighted by Crippen LogP contribution is -2.25. The highest BCUT2D eigenvalue weighted by molar-refractivity contribution is 9.10. The number of unbranched alkanes of at least 4 members (excludes halogenated alkanes) is 1. The van der Waals surface area contributed by atoms with Gasteiger partial charge in [0.1, 0.15) is 5.82 Å². The Morgan fingerprint density at radius 3 is 2.67 bits per heavy atom. The third-order valence-electron chi connectivity index (χ3n) is 2.31. The normalized spacial score (nSPS) is 10.1. The highest BCUT2D eigenvalue weighted by Gasteiger charge is 2.09. The van der Waals surface area contributed by atoms with Crippen molar-refractivity contribution in [1.82, 2.24) is 5.32 Å². The van der Waals surface area contributed by atoms with Crippen LogP contribution >= 0.6 is 15.9 Å². The lowest BCUT2D eigenvalue weighted by molar-refractivity contribution is -0.118. The molecule has 0 heterocycles. The van der Waals surface area contributed by atoms with Gasteiger partial charge in [0.25, 0.3) is 5.91 Å². The number of rotatable bonds is 6. The molecule has 0 aliphatic carbocycles. The minimum absolute atomic E-state index is 0.277. The molecule has 18 heavy (non-hydrogen) atoms. The average molecular weight is 317 g/mol. The van der Waals surface area contributed by atoms with Crippen molar-refractivity contribution in [3.8, 4) is 0 Å². The number of carbonyl (C=O) groups excluding carboxylic acids is 2. The lowest BCUT2D eigenvalue weighted by Gasteiger charge is -2.06. The van der Waals surface area contributed by atoms with Crippen LogP contribution in [0, 0.1) is 5.82 Å². The first kappa shape index (κ1) is 14.6. The van der Waals surface area contributed by atoms with Crippen LogP contribution in [0.3, 0.4) is 0 Å². The number of primary amides is 1. The average Bonchev–Trinajstić information content (AvgIpc) is 2.27. The molecule has 0 aliphatic rings. The molecule has 0 bridgehead atoms. The molecule has 0 unspecified atom stereocenters. The maximum atomic E-state index is 12.8. The van der Waals surface area contributed by atoms with Crippen LogP contribution in [-0.4, -0.2) is 18.4 Å². The van der Waals surface area contributed by atoms with Crippen molar-refractivity contribution in [3.63, 3.8) is 0 Å². The quantitative estimate of drug-likeness (QED) is 0.788. The Balaban J connectivity index is 2.39. The van der Waals surface area contributed by atoms with E-state index in [0.717, 1.165) is 0 Å². The third-order valence-corrected chi connectivity index (χ3v) is 2.97. The van der Waals surface area contributed by atoms with Gasteiger partial charge in [-0.1, -0.05) is 0 Å². The van der Waals surface area contributed by atoms with Gasteiger partial charge in [0, 0.05) is 17.4 Å². The molecule has 1 aromatic carbocycles. The molecule has 2 amide bonds. The first-order valence-corrected chi connectivity index (χ1v) is 6.31. The summed E-state index contributed by atoms with van der Waals surface area (Å²) in [5.74, 6) is -1.02. The minimum atomic E-state index is -0.403. The van der Waals surface area contributed by atoms with Crippen molar-refractivity contribution in [1.29, 1.82) is 0 Å². The Kier molecular flexibility index (Phi) is 5.77. The van der Waals surface area contributed by atoms with Gasteiger partial charge < -0.3 is 11.1 Å². The predicted octanol–water partition coefficient (Wildman–Crippen LogP) is 1.97. The Hall–Kier alpha value is -1.43. The molecule has 0 radical (unpaired) electrons. The molecule has 4 nitrogen and oxygen atoms in total. The Morgan fingerprint density at radius 1 is 1.33 bits per heavy atom. The number of halogens is 2. The second-order valence-corrected chi connectivity index (χ2v) is 4.66. The van der Waals surface area contributed by atoms with Crippen LogP contribution in [0.4, 0.5) is 4.39 Å². The molecular weight excluding hydrogens is 303 g/mol. The number of carbonyl (C=O) groups is 2. The standard InChI is InChI=1S/C12H14BrFN2O2/c13-10-7-8(14)4-5-9(10)12(18)16-6-2-1-3-11(15)17/h4-5,7H,1-3,6H2,(H2,15,17)(H,16,18). The van der Waals surface area contributed by atoms with Gasteiger partial charge in [-0.3, -0.25) is 9.59 Å². The summed E-state index contributed by atoms with van der Waals surface area (Å²) in [4.78, 5) is 22.2. The number of hydrogen-bond acceptors (Lipinski definition) is 2. The third kappa shape index (κ3) is 4.83. The van der Waals surface area contributed by atoms with Crippen molar-refractivity contribution in [2.24, 2.45) is 5.73 Å². The van der Waals surface area contributed by atoms with Gasteiger partial charge in [0.15, 0.2) is 0 Å². The van der Waals surface area contributed by atoms with E-state index in [1.807, 2.05) is 0 Å². The maximum absolute atomic E-state index is 12.8. The van der Waals surface area contributed by atoms with Crippen LogP contribution in [0.1, 0.15) is 29.6 Å². The molecule has 0 fully saturated rings. The lowest BCUT2D eigenvalue weighted by atomic mass is 10.2. The van der Waals surface area contributed by atoms with Gasteiger partial charge in [0.2, 0.25) is 5.91 Å². The van der Waals surface area contributed by atoms with Crippen LogP contribution in [0.15, 0.2) is 22.7 Å². The van der Waals surface area contributed by atoms with E-state index >= 15 is 0 Å². The molecule has 1 rings (SSSR count). The summed E-state index contributed by atoms with van der Waals surface area (Å²) in [6, 6.07) is 3.88. The van der Waals surface area contributed by atoms with Crippen molar-refractivity contribution in [2.75, 3.05) is 6.54 Å². The topological polar surface area (TPSA) is 72.2 Å². The van der Waals surface area contributed by atoms with Gasteiger partial charge in [-0.2, -0.15) is 0 Å². The highest BCUT2D eigenvalue weighted by atomic mass is 79.9. The fourth-order valence-electron chi connectivity index (χ4n) is 1.39. The SMILES string of the molecule is NC(=O)CCCCNC(=O)c1ccc(F)cc1Br. The Morgan fingerprint density at radius 2 is 2.06 bits per heavy atom. The van der Waals surface area contributed by atoms with E-state index in [9.17, 15) is 14.0 Å². The first-order chi connectivity index (χ1) is 8.50. The second kappa shape index (κ2) is 7.10. The highest BCUT2D eigenvalue weighted by Crippen LogP contribution is 2.17. The van der Waals surface area contributed by atoms with Crippen molar-refractivity contribution in [2.45, 2.75) is 19.3 Å². The molecule has 98 valence electrons. The molecule has 6 heteroatoms. The monoisotopic (exact) mass is 316 g/mol. The molecular formula is C12H14BrFN2O2. The summed E-state index contributed by atoms with van der Waals surface area (Å²) < 4.78 is 13.2. The van der Waals surface area contributed by atoms with E-state index in [1.165, 1.54) is 18.2 Å². The summed E-state index contributed by atoms with van der Waals surface area (Å²) in [5, 5.41) is 2.69. The first-order valence-electron chi connectivity index (χ1n) is 5.52. The fourth-order valence-corrected chi connectivity index (χ4v) is 1.93. The Bertz CT molecular complexity index is 452. The molecule has 0 saturated heterocycles. The zero-order valence-corrected chi connectivity index (χ0v) is 11.3. The number of nitrogens with one attached hydrogen (secondary N) is 1. The molecule has 0 aliphatic heterocycles. The van der Waals surface area contributed by atoms with Gasteiger partial charge in [-0.15, -0.1) is 0 Å². The zero-order valence-electron chi connectivity index (χ0n) is 9.71. The van der Waals surface area contributed by atoms with Crippen molar-refractivity contribution in [3.05, 3.63) is 34.1 Å². The number of amides is 2. The van der Waals surface area contributed by atoms with Crippen LogP contribution in [-0.2, 0) is 4.79 Å². The number of nitrogens with two attached hydrogens (primary N) is 1. The molecule has 0 atom stereocenters. The summed E-state index contributed by atoms with van der Waals surface area (Å²) in [7, 11) is 0. The number of benzene rings is 1. The Labute approximate surface area is 113 Å². The zero-order chi connectivity index (χ0) is 13.5. The predicted molar refractivity (Wildman–Crippen MR) is 69.5 cm³/mol. The molecule has 1 aromatic rings. The van der Waals surface area contributed by atoms with Gasteiger partial charge >= 0.3 is 0 Å². The van der Waals surface area contributed by atoms with Crippen LogP contribution in [0.2, 0.25) is 0 Å². The summed E-state index contributed by atoms with van der Waals surface area (Å²) in [6.07, 6.45) is 1.63. The van der Waals surface area contributed by atoms with Crippen molar-refractivity contribution >= 4 is 27.7 Å². The maximum Gasteiger partial charge on any atom is 0.252 e. The molecule has 3 N–H and O–H groups in total. The van der Waals surface area contributed by atoms with Crippen LogP contribution in [0.25, 0.3) is 0 Å². The van der Waals surface area contributed by atoms with Crippen LogP contribution in [0.5, 0.6) is 0 Å². The van der Waals surface area contributed by atoms with E-state index in [1.54, 1.807) is 0 Å². The smallest absolute Gasteiger partial charge is 0.252 e. The molecule has 0 spiro atoms.